The number of hydrogen-bond acceptors (Lipinski definition) is 4. The number of rotatable bonds is 6. The third-order valence-corrected chi connectivity index (χ3v) is 7.80. The predicted octanol–water partition coefficient (Wildman–Crippen LogP) is 6.61. The first-order chi connectivity index (χ1) is 16.6. The van der Waals surface area contributed by atoms with Crippen LogP contribution < -0.4 is 4.74 Å². The molecule has 2 aromatic carbocycles. The summed E-state index contributed by atoms with van der Waals surface area (Å²) < 4.78 is 6.90. The van der Waals surface area contributed by atoms with Crippen molar-refractivity contribution in [2.45, 2.75) is 38.8 Å². The van der Waals surface area contributed by atoms with Crippen LogP contribution >= 0.6 is 38.9 Å². The average molecular weight is 576 g/mol. The molecule has 3 aromatic rings. The summed E-state index contributed by atoms with van der Waals surface area (Å²) in [6.45, 7) is 6.75. The summed E-state index contributed by atoms with van der Waals surface area (Å²) in [6.07, 6.45) is 0.797. The summed E-state index contributed by atoms with van der Waals surface area (Å²) in [5, 5.41) is 2.70. The smallest absolute Gasteiger partial charge is 0.254 e. The van der Waals surface area contributed by atoms with Gasteiger partial charge < -0.3 is 14.5 Å². The summed E-state index contributed by atoms with van der Waals surface area (Å²) in [6, 6.07) is 16.3. The fraction of sp³-hybridized carbons (Fsp3) is 0.333. The Hall–Kier alpha value is -2.35. The molecule has 8 heteroatoms. The lowest BCUT2D eigenvalue weighted by atomic mass is 9.99. The number of thiophene rings is 1. The lowest BCUT2D eigenvalue weighted by molar-refractivity contribution is -0.136. The maximum absolute atomic E-state index is 13.7. The fourth-order valence-electron chi connectivity index (χ4n) is 4.20. The molecule has 1 aromatic heterocycles. The van der Waals surface area contributed by atoms with Crippen LogP contribution in [0.3, 0.4) is 0 Å². The zero-order valence-electron chi connectivity index (χ0n) is 20.0. The molecular weight excluding hydrogens is 548 g/mol. The van der Waals surface area contributed by atoms with Gasteiger partial charge in [0.05, 0.1) is 6.04 Å². The number of carbonyl (C=O) groups excluding carboxylic acids is 2. The molecule has 1 atom stereocenters. The van der Waals surface area contributed by atoms with Crippen LogP contribution in [0.15, 0.2) is 64.5 Å². The lowest BCUT2D eigenvalue weighted by Gasteiger charge is -2.40. The second-order valence-corrected chi connectivity index (χ2v) is 11.8. The van der Waals surface area contributed by atoms with E-state index in [0.29, 0.717) is 29.5 Å². The molecule has 0 bridgehead atoms. The molecule has 0 fully saturated rings. The summed E-state index contributed by atoms with van der Waals surface area (Å²) >= 11 is 11.1. The van der Waals surface area contributed by atoms with E-state index in [4.69, 9.17) is 16.3 Å². The highest BCUT2D eigenvalue weighted by Crippen LogP contribution is 2.34. The maximum Gasteiger partial charge on any atom is 0.254 e. The van der Waals surface area contributed by atoms with Crippen molar-refractivity contribution in [2.75, 3.05) is 19.7 Å². The Bertz CT molecular complexity index is 1210. The highest BCUT2D eigenvalue weighted by atomic mass is 79.9. The summed E-state index contributed by atoms with van der Waals surface area (Å²) in [7, 11) is 0. The van der Waals surface area contributed by atoms with Gasteiger partial charge in [-0.05, 0) is 86.7 Å². The Morgan fingerprint density at radius 2 is 1.91 bits per heavy atom. The Labute approximate surface area is 223 Å². The number of benzene rings is 2. The Morgan fingerprint density at radius 3 is 2.60 bits per heavy atom. The van der Waals surface area contributed by atoms with Crippen molar-refractivity contribution in [1.29, 1.82) is 0 Å². The molecule has 0 radical (unpaired) electrons. The van der Waals surface area contributed by atoms with Gasteiger partial charge in [0.1, 0.15) is 18.9 Å². The summed E-state index contributed by atoms with van der Waals surface area (Å²) in [5.74, 6) is 0.435. The maximum atomic E-state index is 13.7. The van der Waals surface area contributed by atoms with Crippen molar-refractivity contribution in [2.24, 2.45) is 0 Å². The molecule has 1 aliphatic heterocycles. The average Bonchev–Trinajstić information content (AvgIpc) is 3.30. The zero-order valence-corrected chi connectivity index (χ0v) is 23.1. The van der Waals surface area contributed by atoms with E-state index in [1.54, 1.807) is 40.5 Å². The molecular formula is C27H28BrClN2O3S. The second-order valence-electron chi connectivity index (χ2n) is 9.49. The highest BCUT2D eigenvalue weighted by Gasteiger charge is 2.36. The normalized spacial score (nSPS) is 15.5. The molecule has 5 nitrogen and oxygen atoms in total. The Morgan fingerprint density at radius 1 is 1.17 bits per heavy atom. The van der Waals surface area contributed by atoms with E-state index in [1.807, 2.05) is 49.9 Å². The molecule has 0 aliphatic carbocycles. The zero-order chi connectivity index (χ0) is 25.2. The van der Waals surface area contributed by atoms with Crippen LogP contribution in [0, 0.1) is 0 Å². The van der Waals surface area contributed by atoms with Crippen molar-refractivity contribution in [3.05, 3.63) is 85.5 Å². The largest absolute Gasteiger partial charge is 0.491 e. The third kappa shape index (κ3) is 6.08. The van der Waals surface area contributed by atoms with Crippen molar-refractivity contribution in [1.82, 2.24) is 9.80 Å². The van der Waals surface area contributed by atoms with Crippen molar-refractivity contribution < 1.29 is 14.3 Å². The van der Waals surface area contributed by atoms with Crippen LogP contribution in [0.4, 0.5) is 0 Å². The number of fused-ring (bicyclic) bond motifs is 1. The van der Waals surface area contributed by atoms with Crippen LogP contribution in [0.1, 0.15) is 47.6 Å². The summed E-state index contributed by atoms with van der Waals surface area (Å²) in [4.78, 5) is 31.9. The van der Waals surface area contributed by atoms with E-state index in [-0.39, 0.29) is 24.4 Å². The molecule has 2 heterocycles. The van der Waals surface area contributed by atoms with E-state index in [2.05, 4.69) is 27.4 Å². The number of amides is 2. The van der Waals surface area contributed by atoms with Gasteiger partial charge in [0.25, 0.3) is 5.91 Å². The van der Waals surface area contributed by atoms with Crippen LogP contribution in [0.2, 0.25) is 5.02 Å². The van der Waals surface area contributed by atoms with Crippen molar-refractivity contribution >= 4 is 50.7 Å². The monoisotopic (exact) mass is 574 g/mol. The SMILES string of the molecule is CC(C)(C)N(CC(=O)N1CCc2sccc2[C@H]1COc1ccc(Cl)cc1)C(=O)c1cccc(Br)c1. The van der Waals surface area contributed by atoms with Gasteiger partial charge in [-0.2, -0.15) is 0 Å². The number of halogens is 2. The van der Waals surface area contributed by atoms with Crippen LogP contribution in [-0.2, 0) is 11.2 Å². The quantitative estimate of drug-likeness (QED) is 0.332. The van der Waals surface area contributed by atoms with Crippen molar-refractivity contribution in [3.63, 3.8) is 0 Å². The predicted molar refractivity (Wildman–Crippen MR) is 144 cm³/mol. The van der Waals surface area contributed by atoms with Gasteiger partial charge in [0.15, 0.2) is 0 Å². The number of hydrogen-bond donors (Lipinski definition) is 0. The Kier molecular flexibility index (Phi) is 7.89. The van der Waals surface area contributed by atoms with Gasteiger partial charge in [0.2, 0.25) is 5.91 Å². The molecule has 2 amide bonds. The van der Waals surface area contributed by atoms with E-state index in [9.17, 15) is 9.59 Å². The second kappa shape index (κ2) is 10.7. The molecule has 184 valence electrons. The first kappa shape index (κ1) is 25.7. The van der Waals surface area contributed by atoms with E-state index >= 15 is 0 Å². The topological polar surface area (TPSA) is 49.9 Å². The standard InChI is InChI=1S/C27H28BrClN2O3S/c1-27(2,3)31(26(33)18-5-4-6-19(28)15-18)16-25(32)30-13-11-24-22(12-14-35-24)23(30)17-34-21-9-7-20(29)8-10-21/h4-10,12,14-15,23H,11,13,16-17H2,1-3H3/t23-/m1/s1. The molecule has 4 rings (SSSR count). The fourth-order valence-corrected chi connectivity index (χ4v) is 5.65. The van der Waals surface area contributed by atoms with Crippen LogP contribution in [0.5, 0.6) is 5.75 Å². The molecule has 0 spiro atoms. The third-order valence-electron chi connectivity index (χ3n) is 6.06. The van der Waals surface area contributed by atoms with Gasteiger partial charge in [-0.15, -0.1) is 11.3 Å². The van der Waals surface area contributed by atoms with Gasteiger partial charge >= 0.3 is 0 Å². The van der Waals surface area contributed by atoms with Gasteiger partial charge in [0, 0.05) is 32.0 Å². The van der Waals surface area contributed by atoms with E-state index < -0.39 is 5.54 Å². The molecule has 0 N–H and O–H groups in total. The first-order valence-electron chi connectivity index (χ1n) is 11.4. The summed E-state index contributed by atoms with van der Waals surface area (Å²) in [5.41, 5.74) is 1.13. The minimum absolute atomic E-state index is 0.00817. The van der Waals surface area contributed by atoms with E-state index in [1.165, 1.54) is 4.88 Å². The molecule has 35 heavy (non-hydrogen) atoms. The number of nitrogens with zero attached hydrogens (tertiary/aromatic N) is 2. The van der Waals surface area contributed by atoms with Crippen LogP contribution in [0.25, 0.3) is 0 Å². The number of ether oxygens (including phenoxy) is 1. The molecule has 0 saturated heterocycles. The van der Waals surface area contributed by atoms with Crippen LogP contribution in [-0.4, -0.2) is 46.8 Å². The van der Waals surface area contributed by atoms with Gasteiger partial charge in [-0.1, -0.05) is 33.6 Å². The van der Waals surface area contributed by atoms with Gasteiger partial charge in [-0.3, -0.25) is 9.59 Å². The number of carbonyl (C=O) groups is 2. The van der Waals surface area contributed by atoms with Crippen molar-refractivity contribution in [3.8, 4) is 5.75 Å². The van der Waals surface area contributed by atoms with E-state index in [0.717, 1.165) is 16.5 Å². The molecule has 0 saturated carbocycles. The molecule has 1 aliphatic rings. The minimum atomic E-state index is -0.534. The Balaban J connectivity index is 1.56. The lowest BCUT2D eigenvalue weighted by Crippen LogP contribution is -2.53. The minimum Gasteiger partial charge on any atom is -0.491 e. The molecule has 0 unspecified atom stereocenters. The first-order valence-corrected chi connectivity index (χ1v) is 13.5. The van der Waals surface area contributed by atoms with Gasteiger partial charge in [-0.25, -0.2) is 0 Å². The highest BCUT2D eigenvalue weighted by molar-refractivity contribution is 9.10.